The second-order valence-corrected chi connectivity index (χ2v) is 5.93. The van der Waals surface area contributed by atoms with Gasteiger partial charge in [-0.3, -0.25) is 14.9 Å². The van der Waals surface area contributed by atoms with Gasteiger partial charge in [0.05, 0.1) is 16.4 Å². The summed E-state index contributed by atoms with van der Waals surface area (Å²) in [4.78, 5) is 21.2. The van der Waals surface area contributed by atoms with Crippen LogP contribution in [0, 0.1) is 10.1 Å². The van der Waals surface area contributed by atoms with Gasteiger partial charge in [0.1, 0.15) is 6.54 Å². The lowest BCUT2D eigenvalue weighted by Gasteiger charge is -2.19. The number of hydrogen-bond acceptors (Lipinski definition) is 6. The Kier molecular flexibility index (Phi) is 5.79. The van der Waals surface area contributed by atoms with Crippen molar-refractivity contribution >= 4 is 21.7 Å². The van der Waals surface area contributed by atoms with Gasteiger partial charge in [-0.15, -0.1) is 0 Å². The predicted molar refractivity (Wildman–Crippen MR) is 74.2 cm³/mol. The number of esters is 1. The van der Waals surface area contributed by atoms with Crippen LogP contribution in [0.3, 0.4) is 0 Å². The molecule has 0 N–H and O–H groups in total. The van der Waals surface area contributed by atoms with Gasteiger partial charge in [0.25, 0.3) is 5.69 Å². The molecule has 0 aliphatic carbocycles. The summed E-state index contributed by atoms with van der Waals surface area (Å²) in [6, 6.07) is 4.68. The van der Waals surface area contributed by atoms with Gasteiger partial charge in [-0.2, -0.15) is 4.31 Å². The molecule has 8 nitrogen and oxygen atoms in total. The van der Waals surface area contributed by atoms with Crippen LogP contribution in [0.25, 0.3) is 0 Å². The number of likely N-dealkylation sites (N-methyl/N-ethyl adjacent to an activating group) is 1. The van der Waals surface area contributed by atoms with Crippen LogP contribution in [0.4, 0.5) is 5.69 Å². The third kappa shape index (κ3) is 4.23. The second-order valence-electron chi connectivity index (χ2n) is 3.99. The third-order valence-corrected chi connectivity index (χ3v) is 4.55. The summed E-state index contributed by atoms with van der Waals surface area (Å²) in [6.45, 7) is 2.93. The molecule has 0 heterocycles. The Bertz CT molecular complexity index is 628. The molecule has 0 radical (unpaired) electrons. The minimum atomic E-state index is -3.99. The van der Waals surface area contributed by atoms with Crippen LogP contribution < -0.4 is 0 Å². The molecule has 0 unspecified atom stereocenters. The summed E-state index contributed by atoms with van der Waals surface area (Å²) in [6.07, 6.45) is 0. The third-order valence-electron chi connectivity index (χ3n) is 2.63. The molecule has 0 saturated heterocycles. The van der Waals surface area contributed by atoms with Gasteiger partial charge in [-0.1, -0.05) is 13.0 Å². The molecule has 0 saturated carbocycles. The molecular formula is C12H16N2O6S. The first-order valence-electron chi connectivity index (χ1n) is 6.23. The lowest BCUT2D eigenvalue weighted by Crippen LogP contribution is -2.36. The van der Waals surface area contributed by atoms with Crippen molar-refractivity contribution in [1.82, 2.24) is 4.31 Å². The van der Waals surface area contributed by atoms with Crippen molar-refractivity contribution in [2.75, 3.05) is 19.7 Å². The molecule has 0 aromatic heterocycles. The van der Waals surface area contributed by atoms with Crippen molar-refractivity contribution in [2.24, 2.45) is 0 Å². The number of nitrogens with zero attached hydrogens (tertiary/aromatic N) is 2. The topological polar surface area (TPSA) is 107 Å². The van der Waals surface area contributed by atoms with Crippen LogP contribution in [0.1, 0.15) is 13.8 Å². The SMILES string of the molecule is CCOC(=O)CN(CC)S(=O)(=O)c1cccc([N+](=O)[O-])c1. The first kappa shape index (κ1) is 17.1. The average molecular weight is 316 g/mol. The Morgan fingerprint density at radius 2 is 2.05 bits per heavy atom. The van der Waals surface area contributed by atoms with Gasteiger partial charge in [0.15, 0.2) is 0 Å². The van der Waals surface area contributed by atoms with E-state index in [1.807, 2.05) is 0 Å². The van der Waals surface area contributed by atoms with E-state index in [-0.39, 0.29) is 23.7 Å². The van der Waals surface area contributed by atoms with Crippen LogP contribution in [-0.4, -0.2) is 43.3 Å². The van der Waals surface area contributed by atoms with E-state index in [1.165, 1.54) is 18.2 Å². The van der Waals surface area contributed by atoms with E-state index in [0.29, 0.717) is 0 Å². The fraction of sp³-hybridized carbons (Fsp3) is 0.417. The van der Waals surface area contributed by atoms with E-state index in [0.717, 1.165) is 10.4 Å². The van der Waals surface area contributed by atoms with Crippen LogP contribution >= 0.6 is 0 Å². The number of sulfonamides is 1. The molecule has 0 atom stereocenters. The summed E-state index contributed by atoms with van der Waals surface area (Å²) in [7, 11) is -3.99. The molecule has 1 aromatic carbocycles. The first-order chi connectivity index (χ1) is 9.82. The average Bonchev–Trinajstić information content (AvgIpc) is 2.45. The van der Waals surface area contributed by atoms with E-state index >= 15 is 0 Å². The molecule has 9 heteroatoms. The molecular weight excluding hydrogens is 300 g/mol. The molecule has 0 fully saturated rings. The maximum atomic E-state index is 12.4. The molecule has 1 aromatic rings. The molecule has 0 aliphatic rings. The van der Waals surface area contributed by atoms with Crippen LogP contribution in [0.5, 0.6) is 0 Å². The zero-order valence-electron chi connectivity index (χ0n) is 11.7. The molecule has 1 rings (SSSR count). The highest BCUT2D eigenvalue weighted by atomic mass is 32.2. The number of nitro benzene ring substituents is 1. The van der Waals surface area contributed by atoms with Crippen molar-refractivity contribution in [3.8, 4) is 0 Å². The van der Waals surface area contributed by atoms with E-state index in [1.54, 1.807) is 13.8 Å². The van der Waals surface area contributed by atoms with Crippen molar-refractivity contribution in [3.63, 3.8) is 0 Å². The van der Waals surface area contributed by atoms with Crippen molar-refractivity contribution in [1.29, 1.82) is 0 Å². The van der Waals surface area contributed by atoms with Gasteiger partial charge >= 0.3 is 5.97 Å². The Morgan fingerprint density at radius 1 is 1.38 bits per heavy atom. The number of carbonyl (C=O) groups excluding carboxylic acids is 1. The zero-order valence-corrected chi connectivity index (χ0v) is 12.5. The monoisotopic (exact) mass is 316 g/mol. The van der Waals surface area contributed by atoms with Crippen LogP contribution in [0.15, 0.2) is 29.2 Å². The number of non-ortho nitro benzene ring substituents is 1. The fourth-order valence-corrected chi connectivity index (χ4v) is 3.06. The van der Waals surface area contributed by atoms with Crippen molar-refractivity contribution in [2.45, 2.75) is 18.7 Å². The van der Waals surface area contributed by atoms with Crippen molar-refractivity contribution < 1.29 is 22.9 Å². The number of hydrogen-bond donors (Lipinski definition) is 0. The second kappa shape index (κ2) is 7.14. The number of benzene rings is 1. The van der Waals surface area contributed by atoms with Gasteiger partial charge in [0.2, 0.25) is 10.0 Å². The van der Waals surface area contributed by atoms with Gasteiger partial charge in [-0.25, -0.2) is 8.42 Å². The van der Waals surface area contributed by atoms with Gasteiger partial charge < -0.3 is 4.74 Å². The Balaban J connectivity index is 3.10. The maximum Gasteiger partial charge on any atom is 0.321 e. The minimum absolute atomic E-state index is 0.0455. The molecule has 0 aliphatic heterocycles. The summed E-state index contributed by atoms with van der Waals surface area (Å²) in [5.41, 5.74) is -0.330. The molecule has 0 amide bonds. The van der Waals surface area contributed by atoms with Crippen molar-refractivity contribution in [3.05, 3.63) is 34.4 Å². The quantitative estimate of drug-likeness (QED) is 0.424. The zero-order chi connectivity index (χ0) is 16.0. The normalized spacial score (nSPS) is 11.4. The highest BCUT2D eigenvalue weighted by Gasteiger charge is 2.27. The highest BCUT2D eigenvalue weighted by Crippen LogP contribution is 2.20. The Morgan fingerprint density at radius 3 is 2.57 bits per heavy atom. The number of rotatable bonds is 7. The fourth-order valence-electron chi connectivity index (χ4n) is 1.62. The molecule has 116 valence electrons. The van der Waals surface area contributed by atoms with E-state index in [4.69, 9.17) is 4.74 Å². The van der Waals surface area contributed by atoms with E-state index in [2.05, 4.69) is 0 Å². The Hall–Kier alpha value is -2.00. The molecule has 21 heavy (non-hydrogen) atoms. The standard InChI is InChI=1S/C12H16N2O6S/c1-3-13(9-12(15)20-4-2)21(18,19)11-7-5-6-10(8-11)14(16)17/h5-8H,3-4,9H2,1-2H3. The minimum Gasteiger partial charge on any atom is -0.465 e. The smallest absolute Gasteiger partial charge is 0.321 e. The summed E-state index contributed by atoms with van der Waals surface area (Å²) in [5.74, 6) is -0.673. The molecule has 0 spiro atoms. The largest absolute Gasteiger partial charge is 0.465 e. The summed E-state index contributed by atoms with van der Waals surface area (Å²) < 4.78 is 30.4. The van der Waals surface area contributed by atoms with Crippen LogP contribution in [0.2, 0.25) is 0 Å². The highest BCUT2D eigenvalue weighted by molar-refractivity contribution is 7.89. The lowest BCUT2D eigenvalue weighted by molar-refractivity contribution is -0.385. The van der Waals surface area contributed by atoms with E-state index < -0.39 is 27.5 Å². The number of carbonyl (C=O) groups is 1. The van der Waals surface area contributed by atoms with Gasteiger partial charge in [0, 0.05) is 18.7 Å². The van der Waals surface area contributed by atoms with Crippen LogP contribution in [-0.2, 0) is 19.6 Å². The lowest BCUT2D eigenvalue weighted by atomic mass is 10.3. The molecule has 0 bridgehead atoms. The number of ether oxygens (including phenoxy) is 1. The van der Waals surface area contributed by atoms with Gasteiger partial charge in [-0.05, 0) is 13.0 Å². The first-order valence-corrected chi connectivity index (χ1v) is 7.67. The maximum absolute atomic E-state index is 12.4. The summed E-state index contributed by atoms with van der Waals surface area (Å²) >= 11 is 0. The number of nitro groups is 1. The Labute approximate surface area is 122 Å². The predicted octanol–water partition coefficient (Wildman–Crippen LogP) is 1.17. The summed E-state index contributed by atoms with van der Waals surface area (Å²) in [5, 5.41) is 10.7. The van der Waals surface area contributed by atoms with E-state index in [9.17, 15) is 23.3 Å².